The van der Waals surface area contributed by atoms with E-state index in [1.165, 1.54) is 0 Å². The molecule has 0 heterocycles. The summed E-state index contributed by atoms with van der Waals surface area (Å²) >= 11 is -4.42. The first-order valence-corrected chi connectivity index (χ1v) is 10.3. The fraction of sp³-hybridized carbons (Fsp3) is 1.00. The summed E-state index contributed by atoms with van der Waals surface area (Å²) in [5.74, 6) is 0. The van der Waals surface area contributed by atoms with Crippen LogP contribution in [0.4, 0.5) is 0 Å². The van der Waals surface area contributed by atoms with Crippen molar-refractivity contribution >= 4 is 8.32 Å². The summed E-state index contributed by atoms with van der Waals surface area (Å²) < 4.78 is 29.4. The van der Waals surface area contributed by atoms with Crippen molar-refractivity contribution in [2.24, 2.45) is 0 Å². The topological polar surface area (TPSA) is 58.9 Å². The Hall–Kier alpha value is 0.771. The minimum absolute atomic E-state index is 0.566. The van der Waals surface area contributed by atoms with Crippen LogP contribution in [0, 0.1) is 0 Å². The van der Waals surface area contributed by atoms with Crippen LogP contribution >= 0.6 is 0 Å². The number of rotatable bonds is 3. The van der Waals surface area contributed by atoms with Crippen molar-refractivity contribution < 1.29 is 31.8 Å². The fourth-order valence-electron chi connectivity index (χ4n) is 0.819. The van der Waals surface area contributed by atoms with E-state index >= 15 is 0 Å². The van der Waals surface area contributed by atoms with Crippen LogP contribution in [0.1, 0.15) is 20.8 Å². The van der Waals surface area contributed by atoms with Crippen molar-refractivity contribution in [1.82, 2.24) is 0 Å². The summed E-state index contributed by atoms with van der Waals surface area (Å²) in [6.45, 7) is 11.0. The maximum absolute atomic E-state index is 9.52. The monoisotopic (exact) mass is 244 g/mol. The first-order valence-electron chi connectivity index (χ1n) is 4.26. The molecule has 0 fully saturated rings. The van der Waals surface area contributed by atoms with Crippen molar-refractivity contribution in [3.8, 4) is 0 Å². The Morgan fingerprint density at radius 2 is 1.46 bits per heavy atom. The minimum atomic E-state index is -4.42. The molecule has 6 heteroatoms. The molecule has 0 bridgehead atoms. The van der Waals surface area contributed by atoms with E-state index in [-0.39, 0.29) is 0 Å². The number of hydrogen-bond donors (Lipinski definition) is 2. The zero-order valence-corrected chi connectivity index (χ0v) is 11.8. The van der Waals surface area contributed by atoms with E-state index in [9.17, 15) is 7.38 Å². The van der Waals surface area contributed by atoms with Crippen LogP contribution in [0.15, 0.2) is 0 Å². The second-order valence-corrected chi connectivity index (χ2v) is 12.4. The summed E-state index contributed by atoms with van der Waals surface area (Å²) in [4.78, 5) is 0. The van der Waals surface area contributed by atoms with Crippen LogP contribution in [-0.2, 0) is 24.5 Å². The standard InChI is InChI=1S/C4H9O.C3H9OSi.2H2O.Ti/c1-4(2,3)5;1-5(2,3)4;;;/h2*1-3H3;2*1H2;/q2*-1;;;+4/p-2. The molecular weight excluding hydrogens is 224 g/mol. The Labute approximate surface area is 86.3 Å². The van der Waals surface area contributed by atoms with E-state index in [1.54, 1.807) is 20.8 Å². The first-order chi connectivity index (χ1) is 5.41. The van der Waals surface area contributed by atoms with E-state index < -0.39 is 32.1 Å². The molecule has 0 saturated heterocycles. The molecule has 0 spiro atoms. The zero-order chi connectivity index (χ0) is 10.9. The van der Waals surface area contributed by atoms with E-state index in [1.807, 2.05) is 19.6 Å². The molecule has 0 rings (SSSR count). The Bertz CT molecular complexity index is 152. The van der Waals surface area contributed by atoms with Gasteiger partial charge in [0, 0.05) is 0 Å². The van der Waals surface area contributed by atoms with Gasteiger partial charge in [0.15, 0.2) is 0 Å². The zero-order valence-electron chi connectivity index (χ0n) is 9.21. The molecule has 0 aliphatic carbocycles. The van der Waals surface area contributed by atoms with Gasteiger partial charge in [-0.1, -0.05) is 0 Å². The fourth-order valence-corrected chi connectivity index (χ4v) is 6.84. The van der Waals surface area contributed by atoms with Crippen LogP contribution < -0.4 is 0 Å². The third kappa shape index (κ3) is 9.08. The van der Waals surface area contributed by atoms with Crippen LogP contribution in [0.3, 0.4) is 0 Å². The van der Waals surface area contributed by atoms with Crippen molar-refractivity contribution in [2.45, 2.75) is 46.0 Å². The van der Waals surface area contributed by atoms with Gasteiger partial charge in [-0.3, -0.25) is 0 Å². The third-order valence-corrected chi connectivity index (χ3v) is 7.24. The van der Waals surface area contributed by atoms with Gasteiger partial charge in [0.05, 0.1) is 0 Å². The van der Waals surface area contributed by atoms with Gasteiger partial charge in [0.1, 0.15) is 0 Å². The van der Waals surface area contributed by atoms with Crippen molar-refractivity contribution in [2.75, 3.05) is 0 Å². The van der Waals surface area contributed by atoms with Crippen LogP contribution in [0.25, 0.3) is 0 Å². The molecule has 0 amide bonds. The maximum atomic E-state index is 9.52. The second-order valence-electron chi connectivity index (χ2n) is 4.98. The number of hydrogen-bond acceptors (Lipinski definition) is 4. The molecule has 0 radical (unpaired) electrons. The Morgan fingerprint density at radius 1 is 1.08 bits per heavy atom. The van der Waals surface area contributed by atoms with E-state index in [4.69, 9.17) is 6.33 Å². The third-order valence-electron chi connectivity index (χ3n) is 0.878. The first kappa shape index (κ1) is 13.8. The van der Waals surface area contributed by atoms with Crippen molar-refractivity contribution in [1.29, 1.82) is 0 Å². The Balaban J connectivity index is 4.25. The predicted octanol–water partition coefficient (Wildman–Crippen LogP) is 1.45. The van der Waals surface area contributed by atoms with E-state index in [2.05, 4.69) is 0 Å². The Morgan fingerprint density at radius 3 is 1.69 bits per heavy atom. The summed E-state index contributed by atoms with van der Waals surface area (Å²) in [5, 5.41) is 0. The Kier molecular flexibility index (Phi) is 4.34. The SMILES string of the molecule is CC(C)(C)[O][Ti]([OH])([OH])[O][Si](C)(C)C. The predicted molar refractivity (Wildman–Crippen MR) is 49.7 cm³/mol. The van der Waals surface area contributed by atoms with Crippen LogP contribution in [0.5, 0.6) is 0 Å². The molecule has 80 valence electrons. The molecule has 0 unspecified atom stereocenters. The molecule has 13 heavy (non-hydrogen) atoms. The molecule has 0 aliphatic heterocycles. The normalized spacial score (nSPS) is 14.8. The molecule has 2 N–H and O–H groups in total. The van der Waals surface area contributed by atoms with E-state index in [0.717, 1.165) is 0 Å². The molecule has 0 aliphatic rings. The summed E-state index contributed by atoms with van der Waals surface area (Å²) in [5.41, 5.74) is -0.566. The molecule has 0 aromatic rings. The van der Waals surface area contributed by atoms with Gasteiger partial charge in [-0.05, 0) is 0 Å². The van der Waals surface area contributed by atoms with Gasteiger partial charge in [-0.25, -0.2) is 0 Å². The summed E-state index contributed by atoms with van der Waals surface area (Å²) in [6, 6.07) is 0. The molecule has 0 aromatic carbocycles. The quantitative estimate of drug-likeness (QED) is 0.738. The van der Waals surface area contributed by atoms with Crippen molar-refractivity contribution in [3.05, 3.63) is 0 Å². The average Bonchev–Trinajstić information content (AvgIpc) is 1.43. The second kappa shape index (κ2) is 4.10. The molecule has 4 nitrogen and oxygen atoms in total. The molecule has 0 atom stereocenters. The molecule has 0 saturated carbocycles. The van der Waals surface area contributed by atoms with Gasteiger partial charge in [-0.2, -0.15) is 0 Å². The van der Waals surface area contributed by atoms with Gasteiger partial charge in [-0.15, -0.1) is 0 Å². The summed E-state index contributed by atoms with van der Waals surface area (Å²) in [6.07, 6.45) is 0. The van der Waals surface area contributed by atoms with Gasteiger partial charge >= 0.3 is 86.2 Å². The van der Waals surface area contributed by atoms with Gasteiger partial charge in [0.2, 0.25) is 0 Å². The van der Waals surface area contributed by atoms with Crippen LogP contribution in [0.2, 0.25) is 19.6 Å². The summed E-state index contributed by atoms with van der Waals surface area (Å²) in [7, 11) is -1.93. The van der Waals surface area contributed by atoms with Crippen molar-refractivity contribution in [3.63, 3.8) is 0 Å². The average molecular weight is 244 g/mol. The molecular formula is C7H20O4SiTi. The van der Waals surface area contributed by atoms with Crippen LogP contribution in [-0.4, -0.2) is 21.3 Å². The van der Waals surface area contributed by atoms with Gasteiger partial charge < -0.3 is 0 Å². The van der Waals surface area contributed by atoms with Gasteiger partial charge in [0.25, 0.3) is 0 Å². The van der Waals surface area contributed by atoms with E-state index in [0.29, 0.717) is 0 Å². The molecule has 0 aromatic heterocycles.